The van der Waals surface area contributed by atoms with Gasteiger partial charge in [-0.25, -0.2) is 0 Å². The van der Waals surface area contributed by atoms with E-state index in [2.05, 4.69) is 24.8 Å². The molecule has 3 nitrogen and oxygen atoms in total. The van der Waals surface area contributed by atoms with Crippen LogP contribution >= 0.6 is 0 Å². The van der Waals surface area contributed by atoms with Gasteiger partial charge in [-0.15, -0.1) is 0 Å². The maximum Gasteiger partial charge on any atom is 0.0669 e. The van der Waals surface area contributed by atoms with Crippen LogP contribution in [0.3, 0.4) is 0 Å². The van der Waals surface area contributed by atoms with E-state index in [1.165, 1.54) is 25.7 Å². The summed E-state index contributed by atoms with van der Waals surface area (Å²) in [6.07, 6.45) is 6.54. The summed E-state index contributed by atoms with van der Waals surface area (Å²) in [6.45, 7) is 6.86. The topological polar surface area (TPSA) is 47.3 Å². The van der Waals surface area contributed by atoms with E-state index in [9.17, 15) is 5.11 Å². The first kappa shape index (κ1) is 15.5. The maximum absolute atomic E-state index is 10.2. The van der Waals surface area contributed by atoms with Crippen molar-refractivity contribution in [2.45, 2.75) is 58.5 Å². The van der Waals surface area contributed by atoms with Gasteiger partial charge in [0.1, 0.15) is 0 Å². The van der Waals surface area contributed by atoms with Gasteiger partial charge < -0.3 is 5.11 Å². The average Bonchev–Trinajstić information content (AvgIpc) is 2.77. The SMILES string of the molecule is CC(C)CN(CCC#N)CC(O)CC1CCCC1. The second kappa shape index (κ2) is 8.50. The van der Waals surface area contributed by atoms with Crippen LogP contribution in [0.2, 0.25) is 0 Å². The van der Waals surface area contributed by atoms with Crippen molar-refractivity contribution in [1.29, 1.82) is 5.26 Å². The molecule has 3 heteroatoms. The smallest absolute Gasteiger partial charge is 0.0669 e. The van der Waals surface area contributed by atoms with Crippen molar-refractivity contribution in [3.63, 3.8) is 0 Å². The first-order chi connectivity index (χ1) is 8.61. The molecule has 0 aliphatic heterocycles. The van der Waals surface area contributed by atoms with Gasteiger partial charge in [0, 0.05) is 26.1 Å². The molecule has 1 rings (SSSR count). The number of nitriles is 1. The normalized spacial score (nSPS) is 18.4. The Morgan fingerprint density at radius 3 is 2.50 bits per heavy atom. The van der Waals surface area contributed by atoms with Crippen molar-refractivity contribution in [3.8, 4) is 6.07 Å². The molecule has 0 saturated heterocycles. The largest absolute Gasteiger partial charge is 0.392 e. The highest BCUT2D eigenvalue weighted by molar-refractivity contribution is 4.77. The molecule has 1 fully saturated rings. The number of nitrogens with zero attached hydrogens (tertiary/aromatic N) is 2. The van der Waals surface area contributed by atoms with E-state index in [-0.39, 0.29) is 6.10 Å². The Balaban J connectivity index is 2.30. The lowest BCUT2D eigenvalue weighted by molar-refractivity contribution is 0.0867. The molecular weight excluding hydrogens is 224 g/mol. The quantitative estimate of drug-likeness (QED) is 0.722. The van der Waals surface area contributed by atoms with Crippen LogP contribution in [0.5, 0.6) is 0 Å². The summed E-state index contributed by atoms with van der Waals surface area (Å²) >= 11 is 0. The average molecular weight is 252 g/mol. The monoisotopic (exact) mass is 252 g/mol. The number of aliphatic hydroxyl groups is 1. The van der Waals surface area contributed by atoms with Gasteiger partial charge >= 0.3 is 0 Å². The van der Waals surface area contributed by atoms with Crippen LogP contribution in [-0.2, 0) is 0 Å². The van der Waals surface area contributed by atoms with Crippen molar-refractivity contribution in [1.82, 2.24) is 4.90 Å². The lowest BCUT2D eigenvalue weighted by Gasteiger charge is -2.27. The van der Waals surface area contributed by atoms with Crippen LogP contribution < -0.4 is 0 Å². The summed E-state index contributed by atoms with van der Waals surface area (Å²) in [7, 11) is 0. The summed E-state index contributed by atoms with van der Waals surface area (Å²) in [4.78, 5) is 2.24. The fourth-order valence-electron chi connectivity index (χ4n) is 2.99. The second-order valence-corrected chi connectivity index (χ2v) is 6.10. The molecule has 0 bridgehead atoms. The molecule has 0 spiro atoms. The molecule has 1 atom stereocenters. The Morgan fingerprint density at radius 1 is 1.28 bits per heavy atom. The van der Waals surface area contributed by atoms with Crippen molar-refractivity contribution >= 4 is 0 Å². The summed E-state index contributed by atoms with van der Waals surface area (Å²) in [6, 6.07) is 2.19. The lowest BCUT2D eigenvalue weighted by Crippen LogP contribution is -2.36. The number of rotatable bonds is 8. The fraction of sp³-hybridized carbons (Fsp3) is 0.933. The summed E-state index contributed by atoms with van der Waals surface area (Å²) in [5.41, 5.74) is 0. The van der Waals surface area contributed by atoms with E-state index in [4.69, 9.17) is 5.26 Å². The predicted molar refractivity (Wildman–Crippen MR) is 74.1 cm³/mol. The van der Waals surface area contributed by atoms with Gasteiger partial charge in [-0.1, -0.05) is 39.5 Å². The van der Waals surface area contributed by atoms with Gasteiger partial charge in [0.25, 0.3) is 0 Å². The van der Waals surface area contributed by atoms with E-state index in [1.54, 1.807) is 0 Å². The Morgan fingerprint density at radius 2 is 1.94 bits per heavy atom. The third-order valence-electron chi connectivity index (χ3n) is 3.71. The molecular formula is C15H28N2O. The second-order valence-electron chi connectivity index (χ2n) is 6.10. The van der Waals surface area contributed by atoms with E-state index < -0.39 is 0 Å². The van der Waals surface area contributed by atoms with E-state index in [1.807, 2.05) is 0 Å². The molecule has 0 radical (unpaired) electrons. The third-order valence-corrected chi connectivity index (χ3v) is 3.71. The fourth-order valence-corrected chi connectivity index (χ4v) is 2.99. The predicted octanol–water partition coefficient (Wildman–Crippen LogP) is 2.80. The Labute approximate surface area is 112 Å². The highest BCUT2D eigenvalue weighted by Gasteiger charge is 2.20. The van der Waals surface area contributed by atoms with E-state index >= 15 is 0 Å². The zero-order valence-corrected chi connectivity index (χ0v) is 11.9. The van der Waals surface area contributed by atoms with Crippen LogP contribution in [0.15, 0.2) is 0 Å². The van der Waals surface area contributed by atoms with Gasteiger partial charge in [0.2, 0.25) is 0 Å². The zero-order valence-electron chi connectivity index (χ0n) is 11.9. The minimum absolute atomic E-state index is 0.217. The minimum Gasteiger partial charge on any atom is -0.392 e. The molecule has 0 amide bonds. The van der Waals surface area contributed by atoms with Crippen molar-refractivity contribution in [3.05, 3.63) is 0 Å². The maximum atomic E-state index is 10.2. The summed E-state index contributed by atoms with van der Waals surface area (Å²) in [5.74, 6) is 1.32. The number of hydrogen-bond acceptors (Lipinski definition) is 3. The highest BCUT2D eigenvalue weighted by atomic mass is 16.3. The molecule has 0 aromatic carbocycles. The Hall–Kier alpha value is -0.590. The number of hydrogen-bond donors (Lipinski definition) is 1. The minimum atomic E-state index is -0.217. The van der Waals surface area contributed by atoms with Crippen LogP contribution in [0, 0.1) is 23.2 Å². The summed E-state index contributed by atoms with van der Waals surface area (Å²) in [5, 5.41) is 18.8. The highest BCUT2D eigenvalue weighted by Crippen LogP contribution is 2.28. The Kier molecular flexibility index (Phi) is 7.31. The molecule has 18 heavy (non-hydrogen) atoms. The van der Waals surface area contributed by atoms with Gasteiger partial charge in [-0.2, -0.15) is 5.26 Å². The van der Waals surface area contributed by atoms with Gasteiger partial charge in [0.15, 0.2) is 0 Å². The molecule has 1 N–H and O–H groups in total. The molecule has 0 aromatic rings. The standard InChI is InChI=1S/C15H28N2O/c1-13(2)11-17(9-5-8-16)12-15(18)10-14-6-3-4-7-14/h13-15,18H,3-7,9-12H2,1-2H3. The molecule has 0 heterocycles. The Bertz CT molecular complexity index is 254. The zero-order chi connectivity index (χ0) is 13.4. The molecule has 104 valence electrons. The van der Waals surface area contributed by atoms with Gasteiger partial charge in [-0.3, -0.25) is 4.90 Å². The molecule has 1 aliphatic carbocycles. The number of aliphatic hydroxyl groups excluding tert-OH is 1. The van der Waals surface area contributed by atoms with Crippen molar-refractivity contribution in [2.24, 2.45) is 11.8 Å². The van der Waals surface area contributed by atoms with Crippen LogP contribution in [0.25, 0.3) is 0 Å². The first-order valence-corrected chi connectivity index (χ1v) is 7.39. The van der Waals surface area contributed by atoms with E-state index in [0.29, 0.717) is 12.3 Å². The van der Waals surface area contributed by atoms with Gasteiger partial charge in [0.05, 0.1) is 12.2 Å². The molecule has 1 aliphatic rings. The molecule has 1 unspecified atom stereocenters. The summed E-state index contributed by atoms with van der Waals surface area (Å²) < 4.78 is 0. The van der Waals surface area contributed by atoms with Crippen molar-refractivity contribution < 1.29 is 5.11 Å². The first-order valence-electron chi connectivity index (χ1n) is 7.39. The van der Waals surface area contributed by atoms with Crippen LogP contribution in [0.4, 0.5) is 0 Å². The molecule has 0 aromatic heterocycles. The van der Waals surface area contributed by atoms with Crippen LogP contribution in [0.1, 0.15) is 52.4 Å². The van der Waals surface area contributed by atoms with E-state index in [0.717, 1.165) is 32.0 Å². The third kappa shape index (κ3) is 6.37. The van der Waals surface area contributed by atoms with Crippen molar-refractivity contribution in [2.75, 3.05) is 19.6 Å². The lowest BCUT2D eigenvalue weighted by atomic mass is 9.99. The van der Waals surface area contributed by atoms with Gasteiger partial charge in [-0.05, 0) is 18.3 Å². The van der Waals surface area contributed by atoms with Crippen LogP contribution in [-0.4, -0.2) is 35.7 Å². The molecule has 1 saturated carbocycles.